The second-order valence-corrected chi connectivity index (χ2v) is 10.0. The molecule has 164 valence electrons. The van der Waals surface area contributed by atoms with E-state index in [0.717, 1.165) is 33.3 Å². The largest absolute Gasteiger partial charge is 0.475 e. The Kier molecular flexibility index (Phi) is 5.47. The summed E-state index contributed by atoms with van der Waals surface area (Å²) in [5.41, 5.74) is 4.12. The fourth-order valence-electron chi connectivity index (χ4n) is 3.81. The lowest BCUT2D eigenvalue weighted by molar-refractivity contribution is 0.236. The molecule has 0 fully saturated rings. The molecule has 5 nitrogen and oxygen atoms in total. The molecule has 2 atom stereocenters. The standard InChI is InChI=1S/C26H27N3O2S/c1-26(2,3)22-16-31-25(29-22)23-20(13-14-32-23)27-19-12-8-7-11-18(19)24-28-21(15-30-24)17-9-5-4-6-10-17/h4-14,21-22,27H,15-16H2,1-3H3/t21-,22-/m1/s1. The third-order valence-corrected chi connectivity index (χ3v) is 6.67. The van der Waals surface area contributed by atoms with Gasteiger partial charge in [0.2, 0.25) is 11.8 Å². The second kappa shape index (κ2) is 8.43. The van der Waals surface area contributed by atoms with E-state index < -0.39 is 0 Å². The number of thiophene rings is 1. The van der Waals surface area contributed by atoms with Gasteiger partial charge >= 0.3 is 0 Å². The first-order valence-electron chi connectivity index (χ1n) is 10.9. The number of para-hydroxylation sites is 1. The summed E-state index contributed by atoms with van der Waals surface area (Å²) in [6.07, 6.45) is 0. The zero-order valence-electron chi connectivity index (χ0n) is 18.5. The molecule has 0 radical (unpaired) electrons. The molecule has 6 heteroatoms. The van der Waals surface area contributed by atoms with Crippen molar-refractivity contribution in [3.63, 3.8) is 0 Å². The van der Waals surface area contributed by atoms with E-state index in [1.165, 1.54) is 0 Å². The van der Waals surface area contributed by atoms with Gasteiger partial charge in [0.05, 0.1) is 23.0 Å². The number of anilines is 2. The summed E-state index contributed by atoms with van der Waals surface area (Å²) in [5, 5.41) is 5.63. The molecule has 0 bridgehead atoms. The highest BCUT2D eigenvalue weighted by Gasteiger charge is 2.32. The molecule has 0 aliphatic carbocycles. The number of benzene rings is 2. The first-order valence-corrected chi connectivity index (χ1v) is 11.8. The van der Waals surface area contributed by atoms with Gasteiger partial charge in [-0.05, 0) is 34.6 Å². The van der Waals surface area contributed by atoms with Crippen LogP contribution in [-0.4, -0.2) is 31.1 Å². The van der Waals surface area contributed by atoms with Gasteiger partial charge in [0, 0.05) is 0 Å². The lowest BCUT2D eigenvalue weighted by atomic mass is 9.88. The van der Waals surface area contributed by atoms with Gasteiger partial charge in [-0.1, -0.05) is 63.2 Å². The predicted molar refractivity (Wildman–Crippen MR) is 131 cm³/mol. The topological polar surface area (TPSA) is 55.2 Å². The van der Waals surface area contributed by atoms with E-state index in [-0.39, 0.29) is 17.5 Å². The van der Waals surface area contributed by atoms with Gasteiger partial charge in [0.15, 0.2) is 0 Å². The van der Waals surface area contributed by atoms with Crippen molar-refractivity contribution in [2.45, 2.75) is 32.9 Å². The van der Waals surface area contributed by atoms with Gasteiger partial charge in [-0.15, -0.1) is 11.3 Å². The van der Waals surface area contributed by atoms with Crippen molar-refractivity contribution in [1.82, 2.24) is 0 Å². The molecule has 2 aromatic carbocycles. The average molecular weight is 446 g/mol. The molecule has 0 spiro atoms. The van der Waals surface area contributed by atoms with Gasteiger partial charge in [-0.2, -0.15) is 0 Å². The maximum absolute atomic E-state index is 6.01. The Morgan fingerprint density at radius 3 is 2.38 bits per heavy atom. The van der Waals surface area contributed by atoms with E-state index in [0.29, 0.717) is 19.1 Å². The summed E-state index contributed by atoms with van der Waals surface area (Å²) >= 11 is 1.63. The van der Waals surface area contributed by atoms with Gasteiger partial charge < -0.3 is 14.8 Å². The summed E-state index contributed by atoms with van der Waals surface area (Å²) in [6, 6.07) is 20.6. The number of ether oxygens (including phenoxy) is 2. The van der Waals surface area contributed by atoms with Gasteiger partial charge in [-0.25, -0.2) is 9.98 Å². The number of aliphatic imine (C=N–C) groups is 2. The number of hydrogen-bond acceptors (Lipinski definition) is 6. The molecule has 1 N–H and O–H groups in total. The Balaban J connectivity index is 1.41. The summed E-state index contributed by atoms with van der Waals surface area (Å²) < 4.78 is 12.0. The van der Waals surface area contributed by atoms with Crippen molar-refractivity contribution in [3.05, 3.63) is 82.0 Å². The number of hydrogen-bond donors (Lipinski definition) is 1. The predicted octanol–water partition coefficient (Wildman–Crippen LogP) is 6.20. The third kappa shape index (κ3) is 4.15. The lowest BCUT2D eigenvalue weighted by Gasteiger charge is -2.21. The highest BCUT2D eigenvalue weighted by Crippen LogP contribution is 2.34. The Bertz CT molecular complexity index is 1160. The Morgan fingerprint density at radius 2 is 1.59 bits per heavy atom. The van der Waals surface area contributed by atoms with Crippen molar-refractivity contribution in [3.8, 4) is 0 Å². The summed E-state index contributed by atoms with van der Waals surface area (Å²) in [7, 11) is 0. The van der Waals surface area contributed by atoms with Gasteiger partial charge in [0.1, 0.15) is 24.1 Å². The molecular formula is C26H27N3O2S. The van der Waals surface area contributed by atoms with E-state index in [9.17, 15) is 0 Å². The number of nitrogens with zero attached hydrogens (tertiary/aromatic N) is 2. The van der Waals surface area contributed by atoms with E-state index in [4.69, 9.17) is 19.5 Å². The fourth-order valence-corrected chi connectivity index (χ4v) is 4.60. The van der Waals surface area contributed by atoms with Crippen LogP contribution in [0.3, 0.4) is 0 Å². The number of rotatable bonds is 5. The zero-order valence-corrected chi connectivity index (χ0v) is 19.4. The second-order valence-electron chi connectivity index (χ2n) is 9.13. The maximum atomic E-state index is 6.01. The van der Waals surface area contributed by atoms with E-state index >= 15 is 0 Å². The lowest BCUT2D eigenvalue weighted by Crippen LogP contribution is -2.25. The fraction of sp³-hybridized carbons (Fsp3) is 0.308. The SMILES string of the molecule is CC(C)(C)[C@H]1COC(c2sccc2Nc2ccccc2C2=N[C@@H](c3ccccc3)CO2)=N1. The van der Waals surface area contributed by atoms with Crippen LogP contribution in [-0.2, 0) is 9.47 Å². The van der Waals surface area contributed by atoms with Crippen molar-refractivity contribution in [1.29, 1.82) is 0 Å². The first-order chi connectivity index (χ1) is 15.5. The Labute approximate surface area is 192 Å². The Hall–Kier alpha value is -3.12. The van der Waals surface area contributed by atoms with Crippen LogP contribution in [0.2, 0.25) is 0 Å². The first kappa shape index (κ1) is 20.8. The van der Waals surface area contributed by atoms with Crippen LogP contribution >= 0.6 is 11.3 Å². The van der Waals surface area contributed by atoms with Crippen LogP contribution in [0.5, 0.6) is 0 Å². The van der Waals surface area contributed by atoms with Crippen LogP contribution in [0.1, 0.15) is 42.8 Å². The Morgan fingerprint density at radius 1 is 0.844 bits per heavy atom. The average Bonchev–Trinajstić information content (AvgIpc) is 3.55. The van der Waals surface area contributed by atoms with Crippen molar-refractivity contribution in [2.24, 2.45) is 15.4 Å². The molecule has 0 unspecified atom stereocenters. The quantitative estimate of drug-likeness (QED) is 0.509. The maximum Gasteiger partial charge on any atom is 0.229 e. The van der Waals surface area contributed by atoms with E-state index in [1.807, 2.05) is 42.5 Å². The highest BCUT2D eigenvalue weighted by molar-refractivity contribution is 7.12. The van der Waals surface area contributed by atoms with Crippen LogP contribution in [0.25, 0.3) is 0 Å². The molecule has 0 amide bonds. The third-order valence-electron chi connectivity index (χ3n) is 5.77. The molecule has 5 rings (SSSR count). The molecule has 2 aliphatic heterocycles. The molecule has 2 aliphatic rings. The van der Waals surface area contributed by atoms with Gasteiger partial charge in [-0.3, -0.25) is 0 Å². The van der Waals surface area contributed by atoms with E-state index in [1.54, 1.807) is 11.3 Å². The minimum atomic E-state index is 0.0199. The van der Waals surface area contributed by atoms with Gasteiger partial charge in [0.25, 0.3) is 0 Å². The monoisotopic (exact) mass is 445 g/mol. The van der Waals surface area contributed by atoms with E-state index in [2.05, 4.69) is 49.7 Å². The number of nitrogens with one attached hydrogen (secondary N) is 1. The van der Waals surface area contributed by atoms with Crippen molar-refractivity contribution >= 4 is 34.5 Å². The summed E-state index contributed by atoms with van der Waals surface area (Å²) in [6.45, 7) is 7.77. The van der Waals surface area contributed by atoms with Crippen molar-refractivity contribution in [2.75, 3.05) is 18.5 Å². The summed E-state index contributed by atoms with van der Waals surface area (Å²) in [4.78, 5) is 10.7. The minimum absolute atomic E-state index is 0.0199. The molecular weight excluding hydrogens is 418 g/mol. The molecule has 3 heterocycles. The zero-order chi connectivity index (χ0) is 22.1. The van der Waals surface area contributed by atoms with Crippen LogP contribution in [0.4, 0.5) is 11.4 Å². The smallest absolute Gasteiger partial charge is 0.229 e. The minimum Gasteiger partial charge on any atom is -0.475 e. The summed E-state index contributed by atoms with van der Waals surface area (Å²) in [5.74, 6) is 1.39. The van der Waals surface area contributed by atoms with Crippen LogP contribution < -0.4 is 5.32 Å². The molecule has 3 aromatic rings. The molecule has 0 saturated carbocycles. The van der Waals surface area contributed by atoms with Crippen LogP contribution in [0, 0.1) is 5.41 Å². The highest BCUT2D eigenvalue weighted by atomic mass is 32.1. The molecule has 32 heavy (non-hydrogen) atoms. The van der Waals surface area contributed by atoms with Crippen molar-refractivity contribution < 1.29 is 9.47 Å². The molecule has 1 aromatic heterocycles. The molecule has 0 saturated heterocycles. The normalized spacial score (nSPS) is 20.3. The van der Waals surface area contributed by atoms with Crippen LogP contribution in [0.15, 0.2) is 76.0 Å².